The Hall–Kier alpha value is -1.25. The zero-order valence-corrected chi connectivity index (χ0v) is 6.16. The first-order valence-corrected chi connectivity index (χ1v) is 3.76. The van der Waals surface area contributed by atoms with Crippen molar-refractivity contribution in [3.05, 3.63) is 30.3 Å². The predicted octanol–water partition coefficient (Wildman–Crippen LogP) is 1.77. The number of nitrogens with zero attached hydrogens (tertiary/aromatic N) is 1. The van der Waals surface area contributed by atoms with E-state index >= 15 is 0 Å². The van der Waals surface area contributed by atoms with E-state index in [9.17, 15) is 0 Å². The average Bonchev–Trinajstić information content (AvgIpc) is 2.58. The molecule has 1 aromatic rings. The van der Waals surface area contributed by atoms with Crippen LogP contribution in [0.15, 0.2) is 24.6 Å². The van der Waals surface area contributed by atoms with Crippen LogP contribution < -0.4 is 0 Å². The minimum absolute atomic E-state index is 0.183. The van der Waals surface area contributed by atoms with Crippen LogP contribution in [0.1, 0.15) is 24.6 Å². The van der Waals surface area contributed by atoms with Gasteiger partial charge in [-0.3, -0.25) is 5.10 Å². The number of H-pyrrole nitrogens is 1. The summed E-state index contributed by atoms with van der Waals surface area (Å²) in [6.07, 6.45) is 7.85. The van der Waals surface area contributed by atoms with E-state index in [1.807, 2.05) is 12.1 Å². The molecule has 2 heterocycles. The summed E-state index contributed by atoms with van der Waals surface area (Å²) in [7, 11) is 0. The predicted molar refractivity (Wildman–Crippen MR) is 40.8 cm³/mol. The molecule has 11 heavy (non-hydrogen) atoms. The number of hydrogen-bond acceptors (Lipinski definition) is 2. The molecule has 0 saturated heterocycles. The molecule has 1 aliphatic heterocycles. The lowest BCUT2D eigenvalue weighted by Crippen LogP contribution is -2.03. The van der Waals surface area contributed by atoms with Crippen molar-refractivity contribution in [2.75, 3.05) is 0 Å². The number of ether oxygens (including phenoxy) is 1. The third-order valence-corrected chi connectivity index (χ3v) is 1.80. The summed E-state index contributed by atoms with van der Waals surface area (Å²) >= 11 is 0. The van der Waals surface area contributed by atoms with E-state index in [2.05, 4.69) is 10.2 Å². The SMILES string of the molecule is C1=COC(c2ccn[nH]2)CC1. The van der Waals surface area contributed by atoms with Gasteiger partial charge in [0.1, 0.15) is 6.10 Å². The van der Waals surface area contributed by atoms with Gasteiger partial charge < -0.3 is 4.74 Å². The molecule has 0 saturated carbocycles. The molecule has 1 N–H and O–H groups in total. The maximum atomic E-state index is 5.37. The molecule has 0 aliphatic carbocycles. The highest BCUT2D eigenvalue weighted by Crippen LogP contribution is 2.24. The molecule has 58 valence electrons. The van der Waals surface area contributed by atoms with Crippen molar-refractivity contribution in [1.82, 2.24) is 10.2 Å². The van der Waals surface area contributed by atoms with E-state index in [0.717, 1.165) is 18.5 Å². The molecule has 0 bridgehead atoms. The Kier molecular flexibility index (Phi) is 1.63. The normalized spacial score (nSPS) is 23.1. The second-order valence-corrected chi connectivity index (χ2v) is 2.59. The molecular formula is C8H10N2O. The largest absolute Gasteiger partial charge is 0.492 e. The molecular weight excluding hydrogens is 140 g/mol. The van der Waals surface area contributed by atoms with Gasteiger partial charge in [0.2, 0.25) is 0 Å². The van der Waals surface area contributed by atoms with Gasteiger partial charge in [-0.15, -0.1) is 0 Å². The summed E-state index contributed by atoms with van der Waals surface area (Å²) in [6, 6.07) is 1.95. The first kappa shape index (κ1) is 6.46. The Morgan fingerprint density at radius 1 is 1.64 bits per heavy atom. The number of aromatic amines is 1. The van der Waals surface area contributed by atoms with Crippen molar-refractivity contribution in [2.24, 2.45) is 0 Å². The number of rotatable bonds is 1. The minimum Gasteiger partial charge on any atom is -0.492 e. The summed E-state index contributed by atoms with van der Waals surface area (Å²) in [5.41, 5.74) is 1.06. The van der Waals surface area contributed by atoms with Gasteiger partial charge in [-0.25, -0.2) is 0 Å². The van der Waals surface area contributed by atoms with Crippen LogP contribution in [-0.2, 0) is 4.74 Å². The molecule has 1 unspecified atom stereocenters. The van der Waals surface area contributed by atoms with E-state index in [-0.39, 0.29) is 6.10 Å². The molecule has 1 atom stereocenters. The summed E-state index contributed by atoms with van der Waals surface area (Å²) in [5.74, 6) is 0. The molecule has 3 nitrogen and oxygen atoms in total. The number of aromatic nitrogens is 2. The Morgan fingerprint density at radius 2 is 2.64 bits per heavy atom. The Balaban J connectivity index is 2.11. The van der Waals surface area contributed by atoms with Crippen LogP contribution >= 0.6 is 0 Å². The second kappa shape index (κ2) is 2.78. The zero-order valence-electron chi connectivity index (χ0n) is 6.16. The van der Waals surface area contributed by atoms with Crippen LogP contribution in [0.5, 0.6) is 0 Å². The highest BCUT2D eigenvalue weighted by Gasteiger charge is 2.13. The smallest absolute Gasteiger partial charge is 0.139 e. The fraction of sp³-hybridized carbons (Fsp3) is 0.375. The Bertz CT molecular complexity index is 241. The summed E-state index contributed by atoms with van der Waals surface area (Å²) < 4.78 is 5.37. The third kappa shape index (κ3) is 1.27. The molecule has 0 fully saturated rings. The van der Waals surface area contributed by atoms with Gasteiger partial charge >= 0.3 is 0 Å². The van der Waals surface area contributed by atoms with Crippen LogP contribution in [0.4, 0.5) is 0 Å². The van der Waals surface area contributed by atoms with E-state index in [1.54, 1.807) is 12.5 Å². The third-order valence-electron chi connectivity index (χ3n) is 1.80. The first-order chi connectivity index (χ1) is 5.47. The minimum atomic E-state index is 0.183. The molecule has 0 radical (unpaired) electrons. The van der Waals surface area contributed by atoms with Crippen molar-refractivity contribution in [2.45, 2.75) is 18.9 Å². The van der Waals surface area contributed by atoms with E-state index in [1.165, 1.54) is 0 Å². The number of allylic oxidation sites excluding steroid dienone is 1. The lowest BCUT2D eigenvalue weighted by Gasteiger charge is -2.17. The van der Waals surface area contributed by atoms with Gasteiger partial charge in [-0.2, -0.15) is 5.10 Å². The van der Waals surface area contributed by atoms with Crippen molar-refractivity contribution in [3.63, 3.8) is 0 Å². The van der Waals surface area contributed by atoms with E-state index < -0.39 is 0 Å². The summed E-state index contributed by atoms with van der Waals surface area (Å²) in [6.45, 7) is 0. The van der Waals surface area contributed by atoms with Crippen molar-refractivity contribution < 1.29 is 4.74 Å². The molecule has 2 rings (SSSR count). The van der Waals surface area contributed by atoms with Gasteiger partial charge in [0.05, 0.1) is 12.0 Å². The van der Waals surface area contributed by atoms with Crippen LogP contribution in [0.3, 0.4) is 0 Å². The lowest BCUT2D eigenvalue weighted by molar-refractivity contribution is 0.121. The van der Waals surface area contributed by atoms with Crippen LogP contribution in [0, 0.1) is 0 Å². The van der Waals surface area contributed by atoms with Crippen molar-refractivity contribution in [1.29, 1.82) is 0 Å². The second-order valence-electron chi connectivity index (χ2n) is 2.59. The lowest BCUT2D eigenvalue weighted by atomic mass is 10.1. The maximum absolute atomic E-state index is 5.37. The van der Waals surface area contributed by atoms with Gasteiger partial charge in [0.25, 0.3) is 0 Å². The van der Waals surface area contributed by atoms with E-state index in [0.29, 0.717) is 0 Å². The highest BCUT2D eigenvalue weighted by atomic mass is 16.5. The van der Waals surface area contributed by atoms with Gasteiger partial charge in [0, 0.05) is 6.20 Å². The van der Waals surface area contributed by atoms with Gasteiger partial charge in [0.15, 0.2) is 0 Å². The van der Waals surface area contributed by atoms with Crippen molar-refractivity contribution >= 4 is 0 Å². The van der Waals surface area contributed by atoms with E-state index in [4.69, 9.17) is 4.74 Å². The Morgan fingerprint density at radius 3 is 3.27 bits per heavy atom. The molecule has 3 heteroatoms. The fourth-order valence-electron chi connectivity index (χ4n) is 1.21. The molecule has 0 spiro atoms. The van der Waals surface area contributed by atoms with Crippen molar-refractivity contribution in [3.8, 4) is 0 Å². The highest BCUT2D eigenvalue weighted by molar-refractivity contribution is 5.04. The van der Waals surface area contributed by atoms with Gasteiger partial charge in [-0.05, 0) is 25.0 Å². The maximum Gasteiger partial charge on any atom is 0.139 e. The topological polar surface area (TPSA) is 37.9 Å². The number of hydrogen-bond donors (Lipinski definition) is 1. The quantitative estimate of drug-likeness (QED) is 0.662. The Labute approximate surface area is 65.1 Å². The van der Waals surface area contributed by atoms with Gasteiger partial charge in [-0.1, -0.05) is 0 Å². The first-order valence-electron chi connectivity index (χ1n) is 3.76. The molecule has 1 aliphatic rings. The monoisotopic (exact) mass is 150 g/mol. The standard InChI is InChI=1S/C8H10N2O/c1-2-6-11-8(3-1)7-4-5-9-10-7/h2,4-6,8H,1,3H2,(H,9,10). The van der Waals surface area contributed by atoms with Crippen LogP contribution in [0.2, 0.25) is 0 Å². The summed E-state index contributed by atoms with van der Waals surface area (Å²) in [5, 5.41) is 6.77. The van der Waals surface area contributed by atoms with Crippen LogP contribution in [0.25, 0.3) is 0 Å². The summed E-state index contributed by atoms with van der Waals surface area (Å²) in [4.78, 5) is 0. The zero-order chi connectivity index (χ0) is 7.52. The molecule has 1 aromatic heterocycles. The average molecular weight is 150 g/mol. The number of nitrogens with one attached hydrogen (secondary N) is 1. The fourth-order valence-corrected chi connectivity index (χ4v) is 1.21. The van der Waals surface area contributed by atoms with Crippen LogP contribution in [-0.4, -0.2) is 10.2 Å². The molecule has 0 amide bonds. The molecule has 0 aromatic carbocycles.